The maximum atomic E-state index is 12.5. The molecule has 2 aromatic rings. The molecule has 0 aliphatic heterocycles. The van der Waals surface area contributed by atoms with Gasteiger partial charge in [0.15, 0.2) is 0 Å². The number of fused-ring (bicyclic) bond motifs is 2. The van der Waals surface area contributed by atoms with E-state index in [1.807, 2.05) is 30.3 Å². The Morgan fingerprint density at radius 3 is 2.50 bits per heavy atom. The molecule has 2 aliphatic rings. The highest BCUT2D eigenvalue weighted by Gasteiger charge is 2.48. The molecule has 2 aliphatic carbocycles. The normalized spacial score (nSPS) is 26.8. The summed E-state index contributed by atoms with van der Waals surface area (Å²) in [5.41, 5.74) is 8.36. The van der Waals surface area contributed by atoms with Crippen molar-refractivity contribution in [2.45, 2.75) is 38.4 Å². The molecule has 2 fully saturated rings. The van der Waals surface area contributed by atoms with Crippen LogP contribution in [0.1, 0.15) is 30.4 Å². The molecule has 0 spiro atoms. The summed E-state index contributed by atoms with van der Waals surface area (Å²) in [4.78, 5) is 24.3. The maximum absolute atomic E-state index is 12.5. The number of hydrogen-bond donors (Lipinski definition) is 2. The van der Waals surface area contributed by atoms with Gasteiger partial charge in [0.05, 0.1) is 12.5 Å². The van der Waals surface area contributed by atoms with Crippen LogP contribution in [0.25, 0.3) is 0 Å². The third-order valence-corrected chi connectivity index (χ3v) is 6.03. The highest BCUT2D eigenvalue weighted by atomic mass is 16.2. The minimum atomic E-state index is -0.0158. The van der Waals surface area contributed by atoms with Crippen molar-refractivity contribution in [3.05, 3.63) is 70.1 Å². The number of carbonyl (C=O) groups is 1. The standard InChI is InChI=1S/C21H25N3O2/c22-20-17-9-8-16(11-17)19(20)21(26)23-12-14-4-6-15(7-5-14)13-24-10-2-1-3-18(24)25/h1-7,10,16-17,19-20H,8-9,11-13,22H2,(H,23,26). The van der Waals surface area contributed by atoms with Gasteiger partial charge in [-0.25, -0.2) is 0 Å². The van der Waals surface area contributed by atoms with Crippen LogP contribution in [0.3, 0.4) is 0 Å². The zero-order chi connectivity index (χ0) is 18.1. The van der Waals surface area contributed by atoms with Gasteiger partial charge in [0.2, 0.25) is 5.91 Å². The first-order valence-electron chi connectivity index (χ1n) is 9.38. The summed E-state index contributed by atoms with van der Waals surface area (Å²) in [6.07, 6.45) is 5.23. The van der Waals surface area contributed by atoms with E-state index in [0.717, 1.165) is 24.0 Å². The molecule has 5 nitrogen and oxygen atoms in total. The van der Waals surface area contributed by atoms with Crippen molar-refractivity contribution in [1.82, 2.24) is 9.88 Å². The van der Waals surface area contributed by atoms with Crippen LogP contribution < -0.4 is 16.6 Å². The minimum Gasteiger partial charge on any atom is -0.352 e. The van der Waals surface area contributed by atoms with E-state index < -0.39 is 0 Å². The highest BCUT2D eigenvalue weighted by molar-refractivity contribution is 5.80. The fraction of sp³-hybridized carbons (Fsp3) is 0.429. The molecule has 4 rings (SSSR count). The third-order valence-electron chi connectivity index (χ3n) is 6.03. The second-order valence-corrected chi connectivity index (χ2v) is 7.64. The Labute approximate surface area is 153 Å². The Hall–Kier alpha value is -2.40. The number of nitrogens with two attached hydrogens (primary N) is 1. The van der Waals surface area contributed by atoms with Crippen molar-refractivity contribution < 1.29 is 4.79 Å². The van der Waals surface area contributed by atoms with E-state index in [9.17, 15) is 9.59 Å². The van der Waals surface area contributed by atoms with Crippen molar-refractivity contribution >= 4 is 5.91 Å². The van der Waals surface area contributed by atoms with Gasteiger partial charge < -0.3 is 15.6 Å². The van der Waals surface area contributed by atoms with Crippen LogP contribution >= 0.6 is 0 Å². The van der Waals surface area contributed by atoms with Crippen LogP contribution in [0.2, 0.25) is 0 Å². The van der Waals surface area contributed by atoms with Crippen LogP contribution in [-0.4, -0.2) is 16.5 Å². The lowest BCUT2D eigenvalue weighted by Gasteiger charge is -2.27. The molecule has 0 saturated heterocycles. The predicted octanol–water partition coefficient (Wildman–Crippen LogP) is 1.89. The Kier molecular flexibility index (Phi) is 4.64. The van der Waals surface area contributed by atoms with Gasteiger partial charge in [-0.15, -0.1) is 0 Å². The molecule has 136 valence electrons. The lowest BCUT2D eigenvalue weighted by atomic mass is 9.84. The van der Waals surface area contributed by atoms with E-state index in [0.29, 0.717) is 24.9 Å². The van der Waals surface area contributed by atoms with Gasteiger partial charge in [0, 0.05) is 24.8 Å². The lowest BCUT2D eigenvalue weighted by Crippen LogP contribution is -2.45. The molecule has 1 heterocycles. The molecule has 1 aromatic carbocycles. The quantitative estimate of drug-likeness (QED) is 0.863. The summed E-state index contributed by atoms with van der Waals surface area (Å²) >= 11 is 0. The number of nitrogens with one attached hydrogen (secondary N) is 1. The molecule has 2 saturated carbocycles. The van der Waals surface area contributed by atoms with Crippen molar-refractivity contribution in [3.8, 4) is 0 Å². The second kappa shape index (κ2) is 7.08. The molecule has 3 N–H and O–H groups in total. The summed E-state index contributed by atoms with van der Waals surface area (Å²) in [5.74, 6) is 1.10. The first kappa shape index (κ1) is 17.0. The highest BCUT2D eigenvalue weighted by Crippen LogP contribution is 2.47. The van der Waals surface area contributed by atoms with Crippen molar-refractivity contribution in [3.63, 3.8) is 0 Å². The number of rotatable bonds is 5. The molecule has 26 heavy (non-hydrogen) atoms. The maximum Gasteiger partial charge on any atom is 0.250 e. The van der Waals surface area contributed by atoms with E-state index in [1.54, 1.807) is 22.9 Å². The average molecular weight is 351 g/mol. The van der Waals surface area contributed by atoms with Crippen molar-refractivity contribution in [2.24, 2.45) is 23.5 Å². The van der Waals surface area contributed by atoms with Crippen LogP contribution in [0, 0.1) is 17.8 Å². The Morgan fingerprint density at radius 2 is 1.81 bits per heavy atom. The zero-order valence-corrected chi connectivity index (χ0v) is 14.8. The second-order valence-electron chi connectivity index (χ2n) is 7.64. The van der Waals surface area contributed by atoms with Crippen LogP contribution in [0.5, 0.6) is 0 Å². The smallest absolute Gasteiger partial charge is 0.250 e. The molecule has 4 atom stereocenters. The number of amides is 1. The van der Waals surface area contributed by atoms with Crippen LogP contribution in [0.15, 0.2) is 53.5 Å². The third kappa shape index (κ3) is 3.31. The van der Waals surface area contributed by atoms with Gasteiger partial charge in [0.25, 0.3) is 5.56 Å². The van der Waals surface area contributed by atoms with Crippen molar-refractivity contribution in [2.75, 3.05) is 0 Å². The van der Waals surface area contributed by atoms with E-state index in [1.165, 1.54) is 6.42 Å². The Morgan fingerprint density at radius 1 is 1.08 bits per heavy atom. The number of hydrogen-bond acceptors (Lipinski definition) is 3. The Bertz CT molecular complexity index is 841. The predicted molar refractivity (Wildman–Crippen MR) is 100 cm³/mol. The Balaban J connectivity index is 1.34. The number of carbonyl (C=O) groups excluding carboxylic acids is 1. The fourth-order valence-electron chi connectivity index (χ4n) is 4.58. The number of pyridine rings is 1. The number of aromatic nitrogens is 1. The van der Waals surface area contributed by atoms with E-state index in [-0.39, 0.29) is 23.4 Å². The van der Waals surface area contributed by atoms with Gasteiger partial charge in [-0.3, -0.25) is 9.59 Å². The first-order valence-corrected chi connectivity index (χ1v) is 9.38. The molecule has 4 unspecified atom stereocenters. The van der Waals surface area contributed by atoms with Gasteiger partial charge in [-0.1, -0.05) is 30.3 Å². The van der Waals surface area contributed by atoms with Gasteiger partial charge in [0.1, 0.15) is 0 Å². The fourth-order valence-corrected chi connectivity index (χ4v) is 4.58. The summed E-state index contributed by atoms with van der Waals surface area (Å²) in [7, 11) is 0. The summed E-state index contributed by atoms with van der Waals surface area (Å²) in [5, 5.41) is 3.06. The van der Waals surface area contributed by atoms with E-state index in [2.05, 4.69) is 5.32 Å². The molecule has 2 bridgehead atoms. The van der Waals surface area contributed by atoms with Gasteiger partial charge in [-0.05, 0) is 48.3 Å². The lowest BCUT2D eigenvalue weighted by molar-refractivity contribution is -0.127. The van der Waals surface area contributed by atoms with E-state index in [4.69, 9.17) is 5.73 Å². The monoisotopic (exact) mass is 351 g/mol. The zero-order valence-electron chi connectivity index (χ0n) is 14.8. The number of nitrogens with zero attached hydrogens (tertiary/aromatic N) is 1. The molecule has 0 radical (unpaired) electrons. The average Bonchev–Trinajstić information content (AvgIpc) is 3.24. The summed E-state index contributed by atoms with van der Waals surface area (Å²) < 4.78 is 1.67. The minimum absolute atomic E-state index is 0.00830. The number of benzene rings is 1. The molecule has 1 aromatic heterocycles. The van der Waals surface area contributed by atoms with Crippen LogP contribution in [0.4, 0.5) is 0 Å². The summed E-state index contributed by atoms with van der Waals surface area (Å²) in [6, 6.07) is 13.2. The largest absolute Gasteiger partial charge is 0.352 e. The van der Waals surface area contributed by atoms with Gasteiger partial charge in [-0.2, -0.15) is 0 Å². The SMILES string of the molecule is NC1C2CCC(C2)C1C(=O)NCc1ccc(Cn2ccccc2=O)cc1. The van der Waals surface area contributed by atoms with E-state index >= 15 is 0 Å². The topological polar surface area (TPSA) is 77.1 Å². The molecule has 5 heteroatoms. The van der Waals surface area contributed by atoms with Gasteiger partial charge >= 0.3 is 0 Å². The van der Waals surface area contributed by atoms with Crippen LogP contribution in [-0.2, 0) is 17.9 Å². The molecular weight excluding hydrogens is 326 g/mol. The van der Waals surface area contributed by atoms with Crippen molar-refractivity contribution in [1.29, 1.82) is 0 Å². The molecular formula is C21H25N3O2. The molecule has 1 amide bonds. The first-order chi connectivity index (χ1) is 12.6. The summed E-state index contributed by atoms with van der Waals surface area (Å²) in [6.45, 7) is 1.07.